The highest BCUT2D eigenvalue weighted by Crippen LogP contribution is 2.17. The largest absolute Gasteiger partial charge is 0.489 e. The number of hydrogen-bond donors (Lipinski definition) is 5. The number of allylic oxidation sites excluding steroid dienone is 1. The minimum atomic E-state index is -1.11. The van der Waals surface area contributed by atoms with Crippen molar-refractivity contribution < 1.29 is 48.0 Å². The van der Waals surface area contributed by atoms with Crippen molar-refractivity contribution >= 4 is 30.0 Å². The fourth-order valence-electron chi connectivity index (χ4n) is 6.47. The van der Waals surface area contributed by atoms with Gasteiger partial charge in [0.05, 0.1) is 24.6 Å². The number of aliphatic hydroxyl groups is 1. The minimum Gasteiger partial charge on any atom is -0.489 e. The van der Waals surface area contributed by atoms with Gasteiger partial charge < -0.3 is 45.3 Å². The molecule has 0 bridgehead atoms. The van der Waals surface area contributed by atoms with Crippen LogP contribution in [0.1, 0.15) is 60.8 Å². The van der Waals surface area contributed by atoms with Gasteiger partial charge in [-0.15, -0.1) is 13.2 Å². The number of benzene rings is 4. The molecule has 0 spiro atoms. The van der Waals surface area contributed by atoms with Crippen LogP contribution in [-0.2, 0) is 54.8 Å². The number of esters is 1. The zero-order valence-corrected chi connectivity index (χ0v) is 36.2. The van der Waals surface area contributed by atoms with Gasteiger partial charge >= 0.3 is 18.2 Å². The van der Waals surface area contributed by atoms with Crippen LogP contribution in [0.25, 0.3) is 0 Å². The predicted octanol–water partition coefficient (Wildman–Crippen LogP) is 6.86. The van der Waals surface area contributed by atoms with Crippen molar-refractivity contribution in [1.29, 1.82) is 0 Å². The summed E-state index contributed by atoms with van der Waals surface area (Å²) in [6, 6.07) is 33.2. The molecular weight excluding hydrogens is 817 g/mol. The van der Waals surface area contributed by atoms with Crippen LogP contribution in [-0.4, -0.2) is 73.0 Å². The van der Waals surface area contributed by atoms with E-state index in [1.165, 1.54) is 6.08 Å². The zero-order valence-electron chi connectivity index (χ0n) is 36.2. The van der Waals surface area contributed by atoms with E-state index in [4.69, 9.17) is 18.9 Å². The Kier molecular flexibility index (Phi) is 22.2. The molecule has 0 aromatic heterocycles. The summed E-state index contributed by atoms with van der Waals surface area (Å²) in [7, 11) is 0. The molecular formula is C50H60N4O10. The number of alkyl carbamates (subject to hydrolysis) is 2. The van der Waals surface area contributed by atoms with Crippen molar-refractivity contribution in [3.8, 4) is 5.75 Å². The second-order valence-electron chi connectivity index (χ2n) is 15.1. The van der Waals surface area contributed by atoms with E-state index in [2.05, 4.69) is 34.4 Å². The van der Waals surface area contributed by atoms with Gasteiger partial charge in [-0.2, -0.15) is 0 Å². The van der Waals surface area contributed by atoms with E-state index < -0.39 is 54.0 Å². The molecule has 0 aliphatic heterocycles. The quantitative estimate of drug-likeness (QED) is 0.0174. The van der Waals surface area contributed by atoms with Gasteiger partial charge in [0, 0.05) is 13.0 Å². The van der Waals surface area contributed by atoms with Crippen molar-refractivity contribution in [3.05, 3.63) is 163 Å². The van der Waals surface area contributed by atoms with Gasteiger partial charge in [0.15, 0.2) is 0 Å². The molecule has 0 saturated heterocycles. The first-order valence-corrected chi connectivity index (χ1v) is 21.4. The molecule has 4 rings (SSSR count). The number of aliphatic hydroxyl groups excluding tert-OH is 1. The van der Waals surface area contributed by atoms with Gasteiger partial charge in [-0.3, -0.25) is 9.59 Å². The first-order valence-electron chi connectivity index (χ1n) is 21.4. The molecule has 14 heteroatoms. The molecule has 0 saturated carbocycles. The molecule has 0 radical (unpaired) electrons. The molecule has 4 aromatic rings. The smallest absolute Gasteiger partial charge is 0.408 e. The third-order valence-electron chi connectivity index (χ3n) is 9.92. The molecule has 4 amide bonds. The van der Waals surface area contributed by atoms with E-state index in [0.717, 1.165) is 22.3 Å². The lowest BCUT2D eigenvalue weighted by Gasteiger charge is -2.24. The maximum Gasteiger partial charge on any atom is 0.408 e. The van der Waals surface area contributed by atoms with E-state index in [0.29, 0.717) is 44.6 Å². The molecule has 4 aromatic carbocycles. The van der Waals surface area contributed by atoms with Crippen molar-refractivity contribution in [1.82, 2.24) is 21.3 Å². The van der Waals surface area contributed by atoms with Crippen molar-refractivity contribution in [2.75, 3.05) is 19.8 Å². The SMILES string of the molecule is C=CC[C@H](CC(=O)N[C@H](CO)Cc1ccc(OCc2ccccc2)cc1)C(=O)N[C@@H](CCCCNC(=O)OCc1ccccc1)COC(=O)[C@@H](CC=C)NC(=O)OCc1ccccc1. The zero-order chi connectivity index (χ0) is 45.8. The van der Waals surface area contributed by atoms with Crippen LogP contribution in [0.5, 0.6) is 5.75 Å². The Morgan fingerprint density at radius 3 is 1.77 bits per heavy atom. The first-order chi connectivity index (χ1) is 31.1. The van der Waals surface area contributed by atoms with Gasteiger partial charge in [0.2, 0.25) is 11.8 Å². The van der Waals surface area contributed by atoms with Crippen molar-refractivity contribution in [2.45, 2.75) is 82.9 Å². The van der Waals surface area contributed by atoms with Gasteiger partial charge in [-0.25, -0.2) is 14.4 Å². The summed E-state index contributed by atoms with van der Waals surface area (Å²) in [6.07, 6.45) is 3.36. The number of unbranched alkanes of at least 4 members (excludes halogenated alkanes) is 1. The minimum absolute atomic E-state index is 0.000329. The highest BCUT2D eigenvalue weighted by Gasteiger charge is 2.27. The van der Waals surface area contributed by atoms with Crippen molar-refractivity contribution in [2.24, 2.45) is 5.92 Å². The van der Waals surface area contributed by atoms with Crippen LogP contribution in [0, 0.1) is 5.92 Å². The van der Waals surface area contributed by atoms with Gasteiger partial charge in [-0.05, 0) is 72.9 Å². The maximum atomic E-state index is 13.8. The van der Waals surface area contributed by atoms with Crippen LogP contribution in [0.15, 0.2) is 141 Å². The van der Waals surface area contributed by atoms with Gasteiger partial charge in [0.25, 0.3) is 0 Å². The number of rotatable bonds is 28. The molecule has 0 aliphatic rings. The summed E-state index contributed by atoms with van der Waals surface area (Å²) in [5.74, 6) is -1.80. The Hall–Kier alpha value is -6.93. The molecule has 340 valence electrons. The normalized spacial score (nSPS) is 12.5. The number of amides is 4. The second-order valence-corrected chi connectivity index (χ2v) is 15.1. The Balaban J connectivity index is 1.32. The molecule has 4 atom stereocenters. The van der Waals surface area contributed by atoms with E-state index in [9.17, 15) is 29.1 Å². The Morgan fingerprint density at radius 2 is 1.19 bits per heavy atom. The Bertz CT molecular complexity index is 2030. The number of carbonyl (C=O) groups is 5. The average Bonchev–Trinajstić information content (AvgIpc) is 3.31. The van der Waals surface area contributed by atoms with Gasteiger partial charge in [-0.1, -0.05) is 115 Å². The van der Waals surface area contributed by atoms with Crippen LogP contribution in [0.2, 0.25) is 0 Å². The number of ether oxygens (including phenoxy) is 4. The number of hydrogen-bond acceptors (Lipinski definition) is 10. The highest BCUT2D eigenvalue weighted by molar-refractivity contribution is 5.86. The fraction of sp³-hybridized carbons (Fsp3) is 0.340. The maximum absolute atomic E-state index is 13.8. The lowest BCUT2D eigenvalue weighted by Crippen LogP contribution is -2.46. The summed E-state index contributed by atoms with van der Waals surface area (Å²) in [5.41, 5.74) is 3.54. The van der Waals surface area contributed by atoms with Crippen LogP contribution >= 0.6 is 0 Å². The predicted molar refractivity (Wildman–Crippen MR) is 243 cm³/mol. The molecule has 64 heavy (non-hydrogen) atoms. The Morgan fingerprint density at radius 1 is 0.609 bits per heavy atom. The average molecular weight is 877 g/mol. The van der Waals surface area contributed by atoms with E-state index >= 15 is 0 Å². The van der Waals surface area contributed by atoms with E-state index in [1.54, 1.807) is 18.2 Å². The number of nitrogens with one attached hydrogen (secondary N) is 4. The van der Waals surface area contributed by atoms with Crippen LogP contribution in [0.4, 0.5) is 9.59 Å². The standard InChI is InChI=1S/C50H60N4O10/c1-3-16-41(31-46(56)52-43(32-55)30-37-25-27-44(28-26-37)61-33-38-18-8-5-9-19-38)47(57)53-42(24-14-15-29-51-49(59)63-34-39-20-10-6-11-21-39)36-62-48(58)45(17-4-2)54-50(60)64-35-40-22-12-7-13-23-40/h3-13,18-23,25-28,41-43,45,55H,1-2,14-17,24,29-36H2,(H,51,59)(H,52,56)(H,53,57)(H,54,60)/t41-,42+,43+,45-/m1/s1. The molecule has 14 nitrogen and oxygen atoms in total. The number of carbonyl (C=O) groups excluding carboxylic acids is 5. The molecule has 0 aliphatic carbocycles. The highest BCUT2D eigenvalue weighted by atomic mass is 16.6. The molecule has 0 heterocycles. The summed E-state index contributed by atoms with van der Waals surface area (Å²) in [4.78, 5) is 65.3. The summed E-state index contributed by atoms with van der Waals surface area (Å²) < 4.78 is 22.1. The summed E-state index contributed by atoms with van der Waals surface area (Å²) in [5, 5.41) is 21.2. The first kappa shape index (κ1) is 49.7. The monoisotopic (exact) mass is 876 g/mol. The van der Waals surface area contributed by atoms with Crippen LogP contribution < -0.4 is 26.0 Å². The molecule has 5 N–H and O–H groups in total. The second kappa shape index (κ2) is 28.6. The van der Waals surface area contributed by atoms with E-state index in [1.807, 2.05) is 103 Å². The summed E-state index contributed by atoms with van der Waals surface area (Å²) >= 11 is 0. The molecule has 0 unspecified atom stereocenters. The van der Waals surface area contributed by atoms with Crippen molar-refractivity contribution in [3.63, 3.8) is 0 Å². The third-order valence-corrected chi connectivity index (χ3v) is 9.92. The van der Waals surface area contributed by atoms with Gasteiger partial charge in [0.1, 0.15) is 38.2 Å². The Labute approximate surface area is 375 Å². The third kappa shape index (κ3) is 19.4. The topological polar surface area (TPSA) is 191 Å². The lowest BCUT2D eigenvalue weighted by atomic mass is 9.98. The lowest BCUT2D eigenvalue weighted by molar-refractivity contribution is -0.147. The molecule has 0 fully saturated rings. The van der Waals surface area contributed by atoms with Crippen LogP contribution in [0.3, 0.4) is 0 Å². The van der Waals surface area contributed by atoms with E-state index in [-0.39, 0.29) is 45.7 Å². The fourth-order valence-corrected chi connectivity index (χ4v) is 6.47. The summed E-state index contributed by atoms with van der Waals surface area (Å²) in [6.45, 7) is 7.73.